The molecule has 0 saturated heterocycles. The summed E-state index contributed by atoms with van der Waals surface area (Å²) in [6, 6.07) is 2.10. The number of pyridine rings is 1. The van der Waals surface area contributed by atoms with Crippen molar-refractivity contribution in [2.75, 3.05) is 6.54 Å². The number of rotatable bonds is 0. The monoisotopic (exact) mass is 227 g/mol. The maximum absolute atomic E-state index is 4.19. The summed E-state index contributed by atoms with van der Waals surface area (Å²) in [6.45, 7) is 7.64. The zero-order valence-corrected chi connectivity index (χ0v) is 10.5. The van der Waals surface area contributed by atoms with E-state index in [0.29, 0.717) is 0 Å². The van der Waals surface area contributed by atoms with E-state index in [2.05, 4.69) is 48.3 Å². The minimum atomic E-state index is 0.114. The third-order valence-corrected chi connectivity index (χ3v) is 3.53. The van der Waals surface area contributed by atoms with Crippen LogP contribution in [0.5, 0.6) is 0 Å². The summed E-state index contributed by atoms with van der Waals surface area (Å²) in [6.07, 6.45) is 5.86. The Morgan fingerprint density at radius 3 is 3.00 bits per heavy atom. The zero-order valence-electron chi connectivity index (χ0n) is 10.5. The van der Waals surface area contributed by atoms with Crippen molar-refractivity contribution in [2.24, 2.45) is 0 Å². The summed E-state index contributed by atoms with van der Waals surface area (Å²) < 4.78 is 0. The summed E-state index contributed by atoms with van der Waals surface area (Å²) in [5.74, 6) is 0. The fourth-order valence-corrected chi connectivity index (χ4v) is 2.66. The van der Waals surface area contributed by atoms with Crippen molar-refractivity contribution in [3.63, 3.8) is 0 Å². The van der Waals surface area contributed by atoms with Crippen molar-refractivity contribution in [3.8, 4) is 0 Å². The van der Waals surface area contributed by atoms with E-state index >= 15 is 0 Å². The lowest BCUT2D eigenvalue weighted by atomic mass is 9.82. The van der Waals surface area contributed by atoms with Crippen LogP contribution in [-0.4, -0.2) is 16.5 Å². The largest absolute Gasteiger partial charge is 0.390 e. The maximum atomic E-state index is 4.19. The first-order chi connectivity index (χ1) is 8.09. The van der Waals surface area contributed by atoms with E-state index in [4.69, 9.17) is 0 Å². The van der Waals surface area contributed by atoms with E-state index < -0.39 is 0 Å². The summed E-state index contributed by atoms with van der Waals surface area (Å²) >= 11 is 0. The van der Waals surface area contributed by atoms with Crippen molar-refractivity contribution in [2.45, 2.75) is 26.2 Å². The molecule has 0 spiro atoms. The Labute approximate surface area is 101 Å². The minimum Gasteiger partial charge on any atom is -0.390 e. The summed E-state index contributed by atoms with van der Waals surface area (Å²) in [5, 5.41) is 4.68. The Hall–Kier alpha value is -1.77. The molecule has 0 amide bonds. The fourth-order valence-electron chi connectivity index (χ4n) is 2.66. The number of allylic oxidation sites excluding steroid dienone is 1. The van der Waals surface area contributed by atoms with Gasteiger partial charge in [-0.1, -0.05) is 13.8 Å². The fraction of sp³-hybridized carbons (Fsp3) is 0.357. The van der Waals surface area contributed by atoms with Crippen LogP contribution in [0.15, 0.2) is 24.7 Å². The summed E-state index contributed by atoms with van der Waals surface area (Å²) in [4.78, 5) is 7.68. The quantitative estimate of drug-likeness (QED) is 0.726. The summed E-state index contributed by atoms with van der Waals surface area (Å²) in [7, 11) is 0. The number of nitrogens with zero attached hydrogens (tertiary/aromatic N) is 1. The molecular weight excluding hydrogens is 210 g/mol. The molecule has 0 aliphatic carbocycles. The van der Waals surface area contributed by atoms with Gasteiger partial charge in [-0.3, -0.25) is 4.98 Å². The lowest BCUT2D eigenvalue weighted by molar-refractivity contribution is 0.511. The summed E-state index contributed by atoms with van der Waals surface area (Å²) in [5.41, 5.74) is 5.13. The van der Waals surface area contributed by atoms with Gasteiger partial charge < -0.3 is 10.3 Å². The third-order valence-electron chi connectivity index (χ3n) is 3.53. The number of H-pyrrole nitrogens is 1. The van der Waals surface area contributed by atoms with E-state index in [1.807, 2.05) is 12.4 Å². The molecular formula is C14H17N3. The smallest absolute Gasteiger partial charge is 0.0648 e. The van der Waals surface area contributed by atoms with Gasteiger partial charge in [0.15, 0.2) is 0 Å². The average Bonchev–Trinajstić information content (AvgIpc) is 2.63. The van der Waals surface area contributed by atoms with Crippen LogP contribution in [0.4, 0.5) is 0 Å². The van der Waals surface area contributed by atoms with Crippen molar-refractivity contribution < 1.29 is 0 Å². The molecule has 2 aromatic rings. The van der Waals surface area contributed by atoms with Crippen LogP contribution in [0.3, 0.4) is 0 Å². The molecule has 1 aliphatic rings. The molecule has 2 aromatic heterocycles. The number of aromatic amines is 1. The number of nitrogens with one attached hydrogen (secondary N) is 2. The molecule has 0 atom stereocenters. The average molecular weight is 227 g/mol. The van der Waals surface area contributed by atoms with E-state index in [-0.39, 0.29) is 5.41 Å². The van der Waals surface area contributed by atoms with Crippen molar-refractivity contribution >= 4 is 16.5 Å². The molecule has 0 saturated carbocycles. The van der Waals surface area contributed by atoms with Crippen LogP contribution in [0, 0.1) is 0 Å². The van der Waals surface area contributed by atoms with Crippen LogP contribution in [0.1, 0.15) is 32.0 Å². The number of aromatic nitrogens is 2. The first-order valence-electron chi connectivity index (χ1n) is 5.96. The second-order valence-corrected chi connectivity index (χ2v) is 5.39. The topological polar surface area (TPSA) is 40.7 Å². The van der Waals surface area contributed by atoms with Gasteiger partial charge in [0, 0.05) is 35.4 Å². The second kappa shape index (κ2) is 3.36. The molecule has 3 rings (SSSR count). The lowest BCUT2D eigenvalue weighted by Gasteiger charge is -2.24. The molecule has 2 N–H and O–H groups in total. The van der Waals surface area contributed by atoms with Gasteiger partial charge in [-0.25, -0.2) is 0 Å². The highest BCUT2D eigenvalue weighted by Gasteiger charge is 2.29. The number of hydrogen-bond donors (Lipinski definition) is 2. The van der Waals surface area contributed by atoms with Gasteiger partial charge in [-0.15, -0.1) is 0 Å². The third kappa shape index (κ3) is 1.46. The molecule has 0 aromatic carbocycles. The molecule has 3 nitrogen and oxygen atoms in total. The molecule has 0 fully saturated rings. The molecule has 3 heteroatoms. The van der Waals surface area contributed by atoms with Crippen molar-refractivity contribution in [3.05, 3.63) is 35.9 Å². The SMILES string of the molecule is CC1=CNCC(C)(C)c2c1[nH]c1cnccc21. The van der Waals surface area contributed by atoms with Gasteiger partial charge in [0.2, 0.25) is 0 Å². The van der Waals surface area contributed by atoms with Gasteiger partial charge in [0.1, 0.15) is 0 Å². The Kier molecular flexibility index (Phi) is 2.05. The highest BCUT2D eigenvalue weighted by molar-refractivity contribution is 5.89. The number of hydrogen-bond acceptors (Lipinski definition) is 2. The van der Waals surface area contributed by atoms with Crippen LogP contribution in [0.2, 0.25) is 0 Å². The van der Waals surface area contributed by atoms with Gasteiger partial charge in [-0.05, 0) is 24.1 Å². The Balaban J connectivity index is 2.41. The number of fused-ring (bicyclic) bond motifs is 3. The second-order valence-electron chi connectivity index (χ2n) is 5.39. The normalized spacial score (nSPS) is 18.2. The van der Waals surface area contributed by atoms with E-state index in [0.717, 1.165) is 12.1 Å². The van der Waals surface area contributed by atoms with Crippen LogP contribution in [-0.2, 0) is 5.41 Å². The van der Waals surface area contributed by atoms with Crippen LogP contribution in [0.25, 0.3) is 16.5 Å². The van der Waals surface area contributed by atoms with E-state index in [1.165, 1.54) is 22.2 Å². The highest BCUT2D eigenvalue weighted by atomic mass is 14.9. The van der Waals surface area contributed by atoms with Gasteiger partial charge in [0.25, 0.3) is 0 Å². The maximum Gasteiger partial charge on any atom is 0.0648 e. The molecule has 1 aliphatic heterocycles. The van der Waals surface area contributed by atoms with Crippen LogP contribution < -0.4 is 5.32 Å². The first kappa shape index (κ1) is 10.4. The van der Waals surface area contributed by atoms with Gasteiger partial charge >= 0.3 is 0 Å². The molecule has 0 unspecified atom stereocenters. The van der Waals surface area contributed by atoms with Gasteiger partial charge in [-0.2, -0.15) is 0 Å². The molecule has 0 radical (unpaired) electrons. The van der Waals surface area contributed by atoms with Crippen molar-refractivity contribution in [1.29, 1.82) is 0 Å². The molecule has 88 valence electrons. The molecule has 3 heterocycles. The standard InChI is InChI=1S/C14H17N3/c1-9-6-16-8-14(2,3)12-10-4-5-15-7-11(10)17-13(9)12/h4-7,16-17H,8H2,1-3H3. The van der Waals surface area contributed by atoms with Crippen LogP contribution >= 0.6 is 0 Å². The first-order valence-corrected chi connectivity index (χ1v) is 5.96. The lowest BCUT2D eigenvalue weighted by Crippen LogP contribution is -2.29. The Morgan fingerprint density at radius 2 is 2.18 bits per heavy atom. The minimum absolute atomic E-state index is 0.114. The van der Waals surface area contributed by atoms with Crippen molar-refractivity contribution in [1.82, 2.24) is 15.3 Å². The highest BCUT2D eigenvalue weighted by Crippen LogP contribution is 2.37. The molecule has 17 heavy (non-hydrogen) atoms. The van der Waals surface area contributed by atoms with Gasteiger partial charge in [0.05, 0.1) is 11.7 Å². The zero-order chi connectivity index (χ0) is 12.0. The van der Waals surface area contributed by atoms with E-state index in [9.17, 15) is 0 Å². The molecule has 0 bridgehead atoms. The Bertz CT molecular complexity index is 605. The van der Waals surface area contributed by atoms with E-state index in [1.54, 1.807) is 0 Å². The predicted octanol–water partition coefficient (Wildman–Crippen LogP) is 2.80. The Morgan fingerprint density at radius 1 is 1.35 bits per heavy atom. The predicted molar refractivity (Wildman–Crippen MR) is 70.8 cm³/mol.